The molecule has 2 aromatic rings. The first-order valence-electron chi connectivity index (χ1n) is 6.80. The van der Waals surface area contributed by atoms with Crippen LogP contribution in [0, 0.1) is 0 Å². The van der Waals surface area contributed by atoms with E-state index in [1.165, 1.54) is 22.5 Å². The molecule has 1 saturated heterocycles. The normalized spacial score (nSPS) is 16.2. The number of carbonyl (C=O) groups is 1. The number of aromatic amines is 1. The van der Waals surface area contributed by atoms with E-state index in [0.717, 1.165) is 18.9 Å². The van der Waals surface area contributed by atoms with Gasteiger partial charge in [0, 0.05) is 30.1 Å². The van der Waals surface area contributed by atoms with E-state index in [4.69, 9.17) is 0 Å². The molecule has 0 aliphatic carbocycles. The highest BCUT2D eigenvalue weighted by Crippen LogP contribution is 2.25. The number of nitrogens with zero attached hydrogens (tertiary/aromatic N) is 1. The third-order valence-corrected chi connectivity index (χ3v) is 5.64. The predicted octanol–water partition coefficient (Wildman–Crippen LogP) is 1.01. The van der Waals surface area contributed by atoms with Crippen molar-refractivity contribution >= 4 is 26.9 Å². The lowest BCUT2D eigenvalue weighted by Gasteiger charge is -2.16. The maximum Gasteiger partial charge on any atom is 0.336 e. The van der Waals surface area contributed by atoms with Crippen LogP contribution in [0.2, 0.25) is 0 Å². The van der Waals surface area contributed by atoms with Gasteiger partial charge in [0.15, 0.2) is 0 Å². The number of carboxylic acids is 1. The molecular formula is C14H14N2O5S. The van der Waals surface area contributed by atoms with E-state index in [1.54, 1.807) is 0 Å². The van der Waals surface area contributed by atoms with E-state index in [-0.39, 0.29) is 15.8 Å². The van der Waals surface area contributed by atoms with Gasteiger partial charge in [0.25, 0.3) is 0 Å². The number of aromatic nitrogens is 1. The van der Waals surface area contributed by atoms with E-state index in [9.17, 15) is 23.1 Å². The molecule has 2 N–H and O–H groups in total. The summed E-state index contributed by atoms with van der Waals surface area (Å²) in [7, 11) is -3.63. The summed E-state index contributed by atoms with van der Waals surface area (Å²) in [4.78, 5) is 25.3. The fraction of sp³-hybridized carbons (Fsp3) is 0.286. The van der Waals surface area contributed by atoms with Crippen molar-refractivity contribution < 1.29 is 18.3 Å². The number of nitrogens with one attached hydrogen (secondary N) is 1. The zero-order chi connectivity index (χ0) is 15.9. The molecular weight excluding hydrogens is 308 g/mol. The average Bonchev–Trinajstić information content (AvgIpc) is 3.00. The van der Waals surface area contributed by atoms with Gasteiger partial charge in [0.2, 0.25) is 15.6 Å². The summed E-state index contributed by atoms with van der Waals surface area (Å²) in [6, 6.07) is 5.07. The summed E-state index contributed by atoms with van der Waals surface area (Å²) in [6.45, 7) is 0.940. The molecule has 0 saturated carbocycles. The van der Waals surface area contributed by atoms with Crippen LogP contribution < -0.4 is 5.56 Å². The lowest BCUT2D eigenvalue weighted by molar-refractivity contribution is 0.0698. The number of H-pyrrole nitrogens is 1. The number of hydrogen-bond acceptors (Lipinski definition) is 4. The third kappa shape index (κ3) is 2.40. The molecule has 2 heterocycles. The molecule has 1 aliphatic rings. The van der Waals surface area contributed by atoms with E-state index in [1.807, 2.05) is 0 Å². The Labute approximate surface area is 126 Å². The van der Waals surface area contributed by atoms with Crippen LogP contribution in [0.5, 0.6) is 0 Å². The first-order valence-corrected chi connectivity index (χ1v) is 8.24. The van der Waals surface area contributed by atoms with E-state index in [2.05, 4.69) is 4.98 Å². The van der Waals surface area contributed by atoms with Gasteiger partial charge >= 0.3 is 5.97 Å². The topological polar surface area (TPSA) is 108 Å². The van der Waals surface area contributed by atoms with Crippen molar-refractivity contribution in [2.75, 3.05) is 13.1 Å². The van der Waals surface area contributed by atoms with Crippen LogP contribution in [0.1, 0.15) is 23.2 Å². The monoisotopic (exact) mass is 322 g/mol. The van der Waals surface area contributed by atoms with Crippen molar-refractivity contribution in [3.8, 4) is 0 Å². The number of pyridine rings is 1. The molecule has 1 aliphatic heterocycles. The van der Waals surface area contributed by atoms with Crippen molar-refractivity contribution in [1.82, 2.24) is 9.29 Å². The van der Waals surface area contributed by atoms with Gasteiger partial charge in [0.05, 0.1) is 10.5 Å². The minimum Gasteiger partial charge on any atom is -0.478 e. The number of aromatic carboxylic acids is 1. The molecule has 3 rings (SSSR count). The SMILES string of the molecule is O=C(O)c1cc(=O)[nH]c2ccc(S(=O)(=O)N3CCCC3)cc12. The predicted molar refractivity (Wildman–Crippen MR) is 79.5 cm³/mol. The van der Waals surface area contributed by atoms with Crippen LogP contribution in [-0.2, 0) is 10.0 Å². The summed E-state index contributed by atoms with van der Waals surface area (Å²) in [5.41, 5.74) is -0.456. The Balaban J connectivity index is 2.21. The maximum absolute atomic E-state index is 12.5. The molecule has 116 valence electrons. The zero-order valence-corrected chi connectivity index (χ0v) is 12.4. The quantitative estimate of drug-likeness (QED) is 0.877. The molecule has 0 bridgehead atoms. The Bertz CT molecular complexity index is 910. The van der Waals surface area contributed by atoms with Crippen molar-refractivity contribution in [2.24, 2.45) is 0 Å². The number of carboxylic acid groups (broad SMARTS) is 1. The summed E-state index contributed by atoms with van der Waals surface area (Å²) in [5.74, 6) is -1.27. The molecule has 0 spiro atoms. The molecule has 1 fully saturated rings. The number of rotatable bonds is 3. The van der Waals surface area contributed by atoms with Gasteiger partial charge in [-0.05, 0) is 31.0 Å². The second kappa shape index (κ2) is 5.22. The summed E-state index contributed by atoms with van der Waals surface area (Å²) in [5, 5.41) is 9.40. The fourth-order valence-electron chi connectivity index (χ4n) is 2.65. The van der Waals surface area contributed by atoms with Crippen molar-refractivity contribution in [3.63, 3.8) is 0 Å². The first kappa shape index (κ1) is 14.7. The van der Waals surface area contributed by atoms with Crippen molar-refractivity contribution in [1.29, 1.82) is 0 Å². The Morgan fingerprint density at radius 2 is 1.86 bits per heavy atom. The molecule has 0 amide bonds. The van der Waals surface area contributed by atoms with Crippen LogP contribution in [0.3, 0.4) is 0 Å². The molecule has 22 heavy (non-hydrogen) atoms. The van der Waals surface area contributed by atoms with Crippen LogP contribution in [0.4, 0.5) is 0 Å². The molecule has 0 atom stereocenters. The summed E-state index contributed by atoms with van der Waals surface area (Å²) in [6.07, 6.45) is 1.64. The van der Waals surface area contributed by atoms with Gasteiger partial charge in [-0.3, -0.25) is 4.79 Å². The molecule has 0 radical (unpaired) electrons. The molecule has 1 aromatic heterocycles. The van der Waals surface area contributed by atoms with Gasteiger partial charge < -0.3 is 10.1 Å². The molecule has 8 heteroatoms. The summed E-state index contributed by atoms with van der Waals surface area (Å²) < 4.78 is 26.5. The second-order valence-corrected chi connectivity index (χ2v) is 7.11. The smallest absolute Gasteiger partial charge is 0.336 e. The lowest BCUT2D eigenvalue weighted by Crippen LogP contribution is -2.27. The lowest BCUT2D eigenvalue weighted by atomic mass is 10.1. The summed E-state index contributed by atoms with van der Waals surface area (Å²) >= 11 is 0. The Hall–Kier alpha value is -2.19. The van der Waals surface area contributed by atoms with Crippen molar-refractivity contribution in [2.45, 2.75) is 17.7 Å². The highest BCUT2D eigenvalue weighted by Gasteiger charge is 2.27. The number of benzene rings is 1. The third-order valence-electron chi connectivity index (χ3n) is 3.75. The number of fused-ring (bicyclic) bond motifs is 1. The van der Waals surface area contributed by atoms with Gasteiger partial charge in [-0.2, -0.15) is 4.31 Å². The average molecular weight is 322 g/mol. The van der Waals surface area contributed by atoms with Crippen molar-refractivity contribution in [3.05, 3.63) is 40.2 Å². The van der Waals surface area contributed by atoms with Crippen LogP contribution >= 0.6 is 0 Å². The Morgan fingerprint density at radius 3 is 2.50 bits per heavy atom. The number of sulfonamides is 1. The first-order chi connectivity index (χ1) is 10.4. The van der Waals surface area contributed by atoms with Gasteiger partial charge in [-0.15, -0.1) is 0 Å². The van der Waals surface area contributed by atoms with Crippen LogP contribution in [0.15, 0.2) is 34.0 Å². The minimum atomic E-state index is -3.63. The maximum atomic E-state index is 12.5. The Kier molecular flexibility index (Phi) is 3.50. The largest absolute Gasteiger partial charge is 0.478 e. The molecule has 1 aromatic carbocycles. The van der Waals surface area contributed by atoms with E-state index < -0.39 is 21.6 Å². The van der Waals surface area contributed by atoms with Crippen LogP contribution in [-0.4, -0.2) is 41.9 Å². The molecule has 0 unspecified atom stereocenters. The van der Waals surface area contributed by atoms with E-state index >= 15 is 0 Å². The number of hydrogen-bond donors (Lipinski definition) is 2. The second-order valence-electron chi connectivity index (χ2n) is 5.17. The fourth-order valence-corrected chi connectivity index (χ4v) is 4.19. The van der Waals surface area contributed by atoms with Crippen LogP contribution in [0.25, 0.3) is 10.9 Å². The molecule has 7 nitrogen and oxygen atoms in total. The zero-order valence-electron chi connectivity index (χ0n) is 11.6. The van der Waals surface area contributed by atoms with E-state index in [0.29, 0.717) is 18.6 Å². The van der Waals surface area contributed by atoms with Gasteiger partial charge in [-0.25, -0.2) is 13.2 Å². The highest BCUT2D eigenvalue weighted by atomic mass is 32.2. The standard InChI is InChI=1S/C14H14N2O5S/c17-13-8-11(14(18)19)10-7-9(3-4-12(10)15-13)22(20,21)16-5-1-2-6-16/h3-4,7-8H,1-2,5-6H2,(H,15,17)(H,18,19). The highest BCUT2D eigenvalue weighted by molar-refractivity contribution is 7.89. The minimum absolute atomic E-state index is 0.0384. The van der Waals surface area contributed by atoms with Gasteiger partial charge in [-0.1, -0.05) is 0 Å². The Morgan fingerprint density at radius 1 is 1.18 bits per heavy atom. The van der Waals surface area contributed by atoms with Gasteiger partial charge in [0.1, 0.15) is 0 Å².